The Labute approximate surface area is 130 Å². The molecular formula is C14H20ClFN2O2S. The van der Waals surface area contributed by atoms with Gasteiger partial charge in [-0.25, -0.2) is 12.8 Å². The fourth-order valence-corrected chi connectivity index (χ4v) is 4.80. The summed E-state index contributed by atoms with van der Waals surface area (Å²) >= 11 is 5.82. The Morgan fingerprint density at radius 2 is 2.00 bits per heavy atom. The van der Waals surface area contributed by atoms with E-state index in [1.165, 1.54) is 10.4 Å². The SMILES string of the molecule is CCC1(CC)CCN(S(=O)(=O)c2cc(Cl)cc(N)c2F)C1. The minimum Gasteiger partial charge on any atom is -0.396 e. The number of nitrogens with zero attached hydrogens (tertiary/aromatic N) is 1. The number of hydrogen-bond acceptors (Lipinski definition) is 3. The Balaban J connectivity index is 2.41. The quantitative estimate of drug-likeness (QED) is 0.859. The molecule has 1 saturated heterocycles. The molecule has 7 heteroatoms. The van der Waals surface area contributed by atoms with Gasteiger partial charge >= 0.3 is 0 Å². The molecule has 1 aliphatic rings. The molecule has 0 amide bonds. The first-order valence-electron chi connectivity index (χ1n) is 7.00. The van der Waals surface area contributed by atoms with Gasteiger partial charge in [0, 0.05) is 18.1 Å². The number of anilines is 1. The number of halogens is 2. The van der Waals surface area contributed by atoms with E-state index in [1.54, 1.807) is 0 Å². The predicted octanol–water partition coefficient (Wildman–Crippen LogP) is 3.26. The van der Waals surface area contributed by atoms with Gasteiger partial charge in [0.25, 0.3) is 0 Å². The first-order chi connectivity index (χ1) is 9.75. The van der Waals surface area contributed by atoms with Crippen LogP contribution in [0.4, 0.5) is 10.1 Å². The van der Waals surface area contributed by atoms with Crippen LogP contribution in [0.1, 0.15) is 33.1 Å². The van der Waals surface area contributed by atoms with Crippen molar-refractivity contribution < 1.29 is 12.8 Å². The van der Waals surface area contributed by atoms with Gasteiger partial charge in [-0.3, -0.25) is 0 Å². The van der Waals surface area contributed by atoms with Gasteiger partial charge < -0.3 is 5.73 Å². The molecule has 0 atom stereocenters. The highest BCUT2D eigenvalue weighted by molar-refractivity contribution is 7.89. The number of nitrogen functional groups attached to an aromatic ring is 1. The molecule has 0 aromatic heterocycles. The maximum absolute atomic E-state index is 14.1. The van der Waals surface area contributed by atoms with Gasteiger partial charge in [0.15, 0.2) is 5.82 Å². The number of benzene rings is 1. The molecule has 1 heterocycles. The van der Waals surface area contributed by atoms with Gasteiger partial charge in [-0.15, -0.1) is 0 Å². The fraction of sp³-hybridized carbons (Fsp3) is 0.571. The molecule has 0 saturated carbocycles. The van der Waals surface area contributed by atoms with Crippen LogP contribution in [0.3, 0.4) is 0 Å². The largest absolute Gasteiger partial charge is 0.396 e. The number of nitrogens with two attached hydrogens (primary N) is 1. The van der Waals surface area contributed by atoms with Crippen molar-refractivity contribution in [2.45, 2.75) is 38.0 Å². The summed E-state index contributed by atoms with van der Waals surface area (Å²) in [7, 11) is -3.91. The van der Waals surface area contributed by atoms with Crippen molar-refractivity contribution >= 4 is 27.3 Å². The van der Waals surface area contributed by atoms with Gasteiger partial charge in [0.1, 0.15) is 4.90 Å². The molecule has 0 spiro atoms. The summed E-state index contributed by atoms with van der Waals surface area (Å²) in [6.07, 6.45) is 2.59. The van der Waals surface area contributed by atoms with E-state index in [9.17, 15) is 12.8 Å². The van der Waals surface area contributed by atoms with Gasteiger partial charge in [-0.05, 0) is 36.8 Å². The zero-order valence-corrected chi connectivity index (χ0v) is 13.8. The molecule has 118 valence electrons. The summed E-state index contributed by atoms with van der Waals surface area (Å²) in [5.41, 5.74) is 5.21. The van der Waals surface area contributed by atoms with Crippen LogP contribution in [0.15, 0.2) is 17.0 Å². The molecular weight excluding hydrogens is 315 g/mol. The molecule has 1 aromatic rings. The lowest BCUT2D eigenvalue weighted by molar-refractivity contribution is 0.279. The minimum atomic E-state index is -3.91. The predicted molar refractivity (Wildman–Crippen MR) is 82.2 cm³/mol. The third-order valence-corrected chi connectivity index (χ3v) is 6.62. The third kappa shape index (κ3) is 2.89. The minimum absolute atomic E-state index is 0.0202. The molecule has 21 heavy (non-hydrogen) atoms. The lowest BCUT2D eigenvalue weighted by atomic mass is 9.82. The van der Waals surface area contributed by atoms with Gasteiger partial charge in [-0.1, -0.05) is 25.4 Å². The average molecular weight is 335 g/mol. The molecule has 0 unspecified atom stereocenters. The van der Waals surface area contributed by atoms with Gasteiger partial charge in [0.2, 0.25) is 10.0 Å². The van der Waals surface area contributed by atoms with Gasteiger partial charge in [-0.2, -0.15) is 4.31 Å². The topological polar surface area (TPSA) is 63.4 Å². The molecule has 4 nitrogen and oxygen atoms in total. The Bertz CT molecular complexity index is 645. The Morgan fingerprint density at radius 1 is 1.38 bits per heavy atom. The molecule has 1 fully saturated rings. The van der Waals surface area contributed by atoms with E-state index in [4.69, 9.17) is 17.3 Å². The summed E-state index contributed by atoms with van der Waals surface area (Å²) in [6, 6.07) is 2.34. The Morgan fingerprint density at radius 3 is 2.52 bits per heavy atom. The van der Waals surface area contributed by atoms with E-state index < -0.39 is 20.7 Å². The first-order valence-corrected chi connectivity index (χ1v) is 8.82. The van der Waals surface area contributed by atoms with Crippen LogP contribution in [0.25, 0.3) is 0 Å². The summed E-state index contributed by atoms with van der Waals surface area (Å²) in [5, 5.41) is 0.115. The second kappa shape index (κ2) is 5.74. The maximum atomic E-state index is 14.1. The normalized spacial score (nSPS) is 19.0. The molecule has 0 aliphatic carbocycles. The van der Waals surface area contributed by atoms with Crippen LogP contribution >= 0.6 is 11.6 Å². The molecule has 0 radical (unpaired) electrons. The summed E-state index contributed by atoms with van der Waals surface area (Å²) in [5.74, 6) is -0.926. The van der Waals surface area contributed by atoms with Crippen molar-refractivity contribution in [3.8, 4) is 0 Å². The second-order valence-corrected chi connectivity index (χ2v) is 7.95. The molecule has 2 rings (SSSR count). The first kappa shape index (κ1) is 16.5. The van der Waals surface area contributed by atoms with Crippen molar-refractivity contribution in [3.63, 3.8) is 0 Å². The van der Waals surface area contributed by atoms with Crippen LogP contribution in [-0.4, -0.2) is 25.8 Å². The van der Waals surface area contributed by atoms with Crippen LogP contribution in [0.2, 0.25) is 5.02 Å². The number of hydrogen-bond donors (Lipinski definition) is 1. The summed E-state index contributed by atoms with van der Waals surface area (Å²) in [6.45, 7) is 4.92. The van der Waals surface area contributed by atoms with E-state index in [-0.39, 0.29) is 16.1 Å². The van der Waals surface area contributed by atoms with Crippen molar-refractivity contribution in [1.82, 2.24) is 4.31 Å². The third-order valence-electron chi connectivity index (χ3n) is 4.55. The molecule has 2 N–H and O–H groups in total. The van der Waals surface area contributed by atoms with E-state index in [0.29, 0.717) is 13.1 Å². The standard InChI is InChI=1S/C14H20ClFN2O2S/c1-3-14(4-2)5-6-18(9-14)21(19,20)12-8-10(15)7-11(17)13(12)16/h7-8H,3-6,9,17H2,1-2H3. The van der Waals surface area contributed by atoms with Crippen LogP contribution < -0.4 is 5.73 Å². The lowest BCUT2D eigenvalue weighted by Gasteiger charge is -2.26. The summed E-state index contributed by atoms with van der Waals surface area (Å²) < 4.78 is 40.7. The van der Waals surface area contributed by atoms with Crippen LogP contribution in [-0.2, 0) is 10.0 Å². The van der Waals surface area contributed by atoms with E-state index in [1.807, 2.05) is 0 Å². The summed E-state index contributed by atoms with van der Waals surface area (Å²) in [4.78, 5) is -0.435. The highest BCUT2D eigenvalue weighted by atomic mass is 35.5. The highest BCUT2D eigenvalue weighted by Crippen LogP contribution is 2.40. The monoisotopic (exact) mass is 334 g/mol. The average Bonchev–Trinajstić information content (AvgIpc) is 2.88. The van der Waals surface area contributed by atoms with Crippen LogP contribution in [0, 0.1) is 11.2 Å². The van der Waals surface area contributed by atoms with Crippen molar-refractivity contribution in [1.29, 1.82) is 0 Å². The van der Waals surface area contributed by atoms with E-state index in [2.05, 4.69) is 13.8 Å². The van der Waals surface area contributed by atoms with Crippen molar-refractivity contribution in [3.05, 3.63) is 23.0 Å². The van der Waals surface area contributed by atoms with E-state index in [0.717, 1.165) is 25.3 Å². The van der Waals surface area contributed by atoms with Crippen LogP contribution in [0.5, 0.6) is 0 Å². The number of rotatable bonds is 4. The van der Waals surface area contributed by atoms with Gasteiger partial charge in [0.05, 0.1) is 5.69 Å². The fourth-order valence-electron chi connectivity index (χ4n) is 2.84. The molecule has 1 aliphatic heterocycles. The number of sulfonamides is 1. The maximum Gasteiger partial charge on any atom is 0.246 e. The van der Waals surface area contributed by atoms with E-state index >= 15 is 0 Å². The van der Waals surface area contributed by atoms with Crippen molar-refractivity contribution in [2.75, 3.05) is 18.8 Å². The lowest BCUT2D eigenvalue weighted by Crippen LogP contribution is -2.32. The molecule has 1 aromatic carbocycles. The highest BCUT2D eigenvalue weighted by Gasteiger charge is 2.41. The zero-order chi connectivity index (χ0) is 15.8. The zero-order valence-electron chi connectivity index (χ0n) is 12.2. The molecule has 0 bridgehead atoms. The Kier molecular flexibility index (Phi) is 4.52. The Hall–Kier alpha value is -0.850. The smallest absolute Gasteiger partial charge is 0.246 e. The van der Waals surface area contributed by atoms with Crippen molar-refractivity contribution in [2.24, 2.45) is 5.41 Å². The second-order valence-electron chi connectivity index (χ2n) is 5.60.